The molecule has 1 fully saturated rings. The first-order valence-electron chi connectivity index (χ1n) is 7.02. The molecule has 0 unspecified atom stereocenters. The van der Waals surface area contributed by atoms with E-state index in [1.54, 1.807) is 23.5 Å². The van der Waals surface area contributed by atoms with Gasteiger partial charge in [0.05, 0.1) is 28.2 Å². The van der Waals surface area contributed by atoms with E-state index in [1.165, 1.54) is 0 Å². The van der Waals surface area contributed by atoms with Gasteiger partial charge in [0.1, 0.15) is 0 Å². The van der Waals surface area contributed by atoms with Crippen LogP contribution in [0.2, 0.25) is 0 Å². The SMILES string of the molecule is Cc1ncsc1-c1ccc(ONC(=O)[C@@H]2C[C@@H](O)CN2)cc1.Cl. The van der Waals surface area contributed by atoms with Crippen LogP contribution in [-0.2, 0) is 4.79 Å². The van der Waals surface area contributed by atoms with Crippen molar-refractivity contribution in [3.05, 3.63) is 35.5 Å². The molecule has 6 nitrogen and oxygen atoms in total. The third-order valence-electron chi connectivity index (χ3n) is 3.56. The number of thiazole rings is 1. The molecule has 3 N–H and O–H groups in total. The summed E-state index contributed by atoms with van der Waals surface area (Å²) in [4.78, 5) is 22.5. The number of benzene rings is 1. The number of hydrogen-bond donors (Lipinski definition) is 3. The van der Waals surface area contributed by atoms with Crippen molar-refractivity contribution in [1.29, 1.82) is 0 Å². The molecule has 1 aromatic heterocycles. The average molecular weight is 356 g/mol. The number of aromatic nitrogens is 1. The molecule has 1 amide bonds. The number of nitrogens with zero attached hydrogens (tertiary/aromatic N) is 1. The number of rotatable bonds is 4. The zero-order valence-electron chi connectivity index (χ0n) is 12.5. The zero-order chi connectivity index (χ0) is 15.5. The maximum atomic E-state index is 11.8. The largest absolute Gasteiger partial charge is 0.392 e. The number of hydrogen-bond acceptors (Lipinski definition) is 6. The fourth-order valence-electron chi connectivity index (χ4n) is 2.35. The third-order valence-corrected chi connectivity index (χ3v) is 4.53. The molecular formula is C15H18ClN3O3S. The summed E-state index contributed by atoms with van der Waals surface area (Å²) in [7, 11) is 0. The molecule has 1 saturated heterocycles. The van der Waals surface area contributed by atoms with Crippen LogP contribution in [0.15, 0.2) is 29.8 Å². The summed E-state index contributed by atoms with van der Waals surface area (Å²) in [5, 5.41) is 12.3. The molecule has 0 saturated carbocycles. The highest BCUT2D eigenvalue weighted by Gasteiger charge is 2.28. The van der Waals surface area contributed by atoms with Gasteiger partial charge in [-0.15, -0.1) is 23.7 Å². The van der Waals surface area contributed by atoms with Crippen LogP contribution in [0.1, 0.15) is 12.1 Å². The minimum Gasteiger partial charge on any atom is -0.392 e. The summed E-state index contributed by atoms with van der Waals surface area (Å²) in [5.74, 6) is 0.275. The second-order valence-electron chi connectivity index (χ2n) is 5.21. The first-order valence-corrected chi connectivity index (χ1v) is 7.90. The van der Waals surface area contributed by atoms with E-state index in [1.807, 2.05) is 24.6 Å². The fraction of sp³-hybridized carbons (Fsp3) is 0.333. The van der Waals surface area contributed by atoms with Gasteiger partial charge in [-0.05, 0) is 43.2 Å². The second kappa shape index (κ2) is 7.74. The number of amides is 1. The first kappa shape index (κ1) is 17.7. The summed E-state index contributed by atoms with van der Waals surface area (Å²) in [6.07, 6.45) is -0.0728. The Morgan fingerprint density at radius 1 is 1.43 bits per heavy atom. The number of halogens is 1. The average Bonchev–Trinajstić information content (AvgIpc) is 3.14. The molecule has 0 aliphatic carbocycles. The Labute approximate surface area is 144 Å². The van der Waals surface area contributed by atoms with Gasteiger partial charge in [0.15, 0.2) is 5.75 Å². The number of nitrogens with one attached hydrogen (secondary N) is 2. The van der Waals surface area contributed by atoms with Gasteiger partial charge < -0.3 is 15.3 Å². The van der Waals surface area contributed by atoms with Gasteiger partial charge in [0.25, 0.3) is 5.91 Å². The zero-order valence-corrected chi connectivity index (χ0v) is 14.1. The molecule has 0 spiro atoms. The minimum absolute atomic E-state index is 0. The van der Waals surface area contributed by atoms with Gasteiger partial charge in [0, 0.05) is 6.54 Å². The van der Waals surface area contributed by atoms with Gasteiger partial charge in [-0.3, -0.25) is 4.79 Å². The van der Waals surface area contributed by atoms with E-state index >= 15 is 0 Å². The highest BCUT2D eigenvalue weighted by molar-refractivity contribution is 7.13. The van der Waals surface area contributed by atoms with E-state index < -0.39 is 12.1 Å². The quantitative estimate of drug-likeness (QED) is 0.727. The molecule has 1 aliphatic rings. The van der Waals surface area contributed by atoms with Gasteiger partial charge in [-0.1, -0.05) is 0 Å². The lowest BCUT2D eigenvalue weighted by Gasteiger charge is -2.11. The normalized spacial score (nSPS) is 19.9. The van der Waals surface area contributed by atoms with Crippen molar-refractivity contribution in [3.8, 4) is 16.2 Å². The van der Waals surface area contributed by atoms with Crippen molar-refractivity contribution in [2.45, 2.75) is 25.5 Å². The first-order chi connectivity index (χ1) is 10.6. The number of aryl methyl sites for hydroxylation is 1. The number of β-amino-alcohol motifs (C(OH)–C–C–N with tert-alkyl or cyclic N) is 1. The summed E-state index contributed by atoms with van der Waals surface area (Å²) in [5.41, 5.74) is 6.29. The van der Waals surface area contributed by atoms with Crippen LogP contribution in [0, 0.1) is 6.92 Å². The van der Waals surface area contributed by atoms with Crippen LogP contribution in [0.5, 0.6) is 5.75 Å². The van der Waals surface area contributed by atoms with Crippen molar-refractivity contribution < 1.29 is 14.7 Å². The van der Waals surface area contributed by atoms with E-state index in [4.69, 9.17) is 4.84 Å². The number of aliphatic hydroxyl groups is 1. The summed E-state index contributed by atoms with van der Waals surface area (Å²) in [6, 6.07) is 7.05. The molecule has 23 heavy (non-hydrogen) atoms. The Bertz CT molecular complexity index is 662. The molecule has 2 atom stereocenters. The number of carbonyl (C=O) groups excluding carboxylic acids is 1. The lowest BCUT2D eigenvalue weighted by Crippen LogP contribution is -2.41. The molecular weight excluding hydrogens is 338 g/mol. The molecule has 0 bridgehead atoms. The predicted octanol–water partition coefficient (Wildman–Crippen LogP) is 1.67. The highest BCUT2D eigenvalue weighted by Crippen LogP contribution is 2.28. The Morgan fingerprint density at radius 2 is 2.17 bits per heavy atom. The molecule has 8 heteroatoms. The number of carbonyl (C=O) groups is 1. The van der Waals surface area contributed by atoms with Crippen molar-refractivity contribution in [3.63, 3.8) is 0 Å². The minimum atomic E-state index is -0.474. The fourth-order valence-corrected chi connectivity index (χ4v) is 3.16. The second-order valence-corrected chi connectivity index (χ2v) is 6.06. The monoisotopic (exact) mass is 355 g/mol. The highest BCUT2D eigenvalue weighted by atomic mass is 35.5. The van der Waals surface area contributed by atoms with Gasteiger partial charge in [-0.2, -0.15) is 5.48 Å². The third kappa shape index (κ3) is 4.20. The van der Waals surface area contributed by atoms with E-state index in [2.05, 4.69) is 15.8 Å². The summed E-state index contributed by atoms with van der Waals surface area (Å²) in [6.45, 7) is 2.40. The lowest BCUT2D eigenvalue weighted by atomic mass is 10.1. The van der Waals surface area contributed by atoms with Crippen LogP contribution >= 0.6 is 23.7 Å². The van der Waals surface area contributed by atoms with Crippen LogP contribution in [0.4, 0.5) is 0 Å². The molecule has 124 valence electrons. The Kier molecular flexibility index (Phi) is 5.95. The predicted molar refractivity (Wildman–Crippen MR) is 90.7 cm³/mol. The lowest BCUT2D eigenvalue weighted by molar-refractivity contribution is -0.129. The number of hydroxylamine groups is 1. The molecule has 3 rings (SSSR count). The Balaban J connectivity index is 0.00000192. The van der Waals surface area contributed by atoms with Gasteiger partial charge in [-0.25, -0.2) is 4.98 Å². The smallest absolute Gasteiger partial charge is 0.269 e. The maximum absolute atomic E-state index is 11.8. The molecule has 1 aromatic carbocycles. The van der Waals surface area contributed by atoms with Crippen molar-refractivity contribution in [2.75, 3.05) is 6.54 Å². The van der Waals surface area contributed by atoms with E-state index in [0.717, 1.165) is 16.1 Å². The van der Waals surface area contributed by atoms with Crippen LogP contribution in [0.3, 0.4) is 0 Å². The Morgan fingerprint density at radius 3 is 2.74 bits per heavy atom. The molecule has 1 aliphatic heterocycles. The number of aliphatic hydroxyl groups excluding tert-OH is 1. The van der Waals surface area contributed by atoms with Crippen LogP contribution in [0.25, 0.3) is 10.4 Å². The summed E-state index contributed by atoms with van der Waals surface area (Å²) < 4.78 is 0. The topological polar surface area (TPSA) is 83.5 Å². The standard InChI is InChI=1S/C15H17N3O3S.ClH/c1-9-14(22-8-17-9)10-2-4-12(5-3-10)21-18-15(20)13-6-11(19)7-16-13;/h2-5,8,11,13,16,19H,6-7H2,1H3,(H,18,20);1H/t11-,13+;/m1./s1. The molecule has 2 aromatic rings. The maximum Gasteiger partial charge on any atom is 0.269 e. The Hall–Kier alpha value is -1.67. The van der Waals surface area contributed by atoms with E-state index in [9.17, 15) is 9.90 Å². The van der Waals surface area contributed by atoms with Crippen LogP contribution in [-0.4, -0.2) is 34.7 Å². The molecule has 2 heterocycles. The summed E-state index contributed by atoms with van der Waals surface area (Å²) >= 11 is 1.59. The molecule has 0 radical (unpaired) electrons. The van der Waals surface area contributed by atoms with Gasteiger partial charge in [0.2, 0.25) is 0 Å². The van der Waals surface area contributed by atoms with E-state index in [0.29, 0.717) is 18.7 Å². The van der Waals surface area contributed by atoms with Crippen molar-refractivity contribution in [1.82, 2.24) is 15.8 Å². The van der Waals surface area contributed by atoms with Crippen molar-refractivity contribution >= 4 is 29.7 Å². The van der Waals surface area contributed by atoms with Crippen molar-refractivity contribution in [2.24, 2.45) is 0 Å². The van der Waals surface area contributed by atoms with Crippen LogP contribution < -0.4 is 15.6 Å². The van der Waals surface area contributed by atoms with E-state index in [-0.39, 0.29) is 18.3 Å². The van der Waals surface area contributed by atoms with Gasteiger partial charge >= 0.3 is 0 Å².